The van der Waals surface area contributed by atoms with Crippen LogP contribution in [0.4, 0.5) is 0 Å². The first-order chi connectivity index (χ1) is 22.9. The predicted octanol–water partition coefficient (Wildman–Crippen LogP) is -0.638. The van der Waals surface area contributed by atoms with Gasteiger partial charge in [0.05, 0.1) is 44.7 Å². The monoisotopic (exact) mass is 678 g/mol. The van der Waals surface area contributed by atoms with E-state index in [1.165, 1.54) is 42.5 Å². The van der Waals surface area contributed by atoms with Gasteiger partial charge in [-0.1, -0.05) is 18.2 Å². The number of aliphatic hydroxyl groups excluding tert-OH is 5. The van der Waals surface area contributed by atoms with Crippen molar-refractivity contribution in [3.05, 3.63) is 71.0 Å². The third kappa shape index (κ3) is 8.93. The topological polar surface area (TPSA) is 262 Å². The summed E-state index contributed by atoms with van der Waals surface area (Å²) in [6, 6.07) is 8.21. The first kappa shape index (κ1) is 36.4. The predicted molar refractivity (Wildman–Crippen MR) is 160 cm³/mol. The fraction of sp³-hybridized carbons (Fsp3) is 0.438. The number of benzene rings is 2. The highest BCUT2D eigenvalue weighted by molar-refractivity contribution is 5.91. The SMILES string of the molecule is O=C(C[C@H]1C(C(=O)OCCc2ccc(O)c(O)c2)=CO[C@H](O[C@H]2O[C@@H](CO)[C@H](O)[C@@H](O)[C@@H]2O)/C1=C/CO)OCCc1ccc(O)c(O)c1. The molecule has 0 bridgehead atoms. The summed E-state index contributed by atoms with van der Waals surface area (Å²) in [5.41, 5.74) is 0.956. The molecule has 2 heterocycles. The Kier molecular flexibility index (Phi) is 12.6. The van der Waals surface area contributed by atoms with Crippen LogP contribution in [0.3, 0.4) is 0 Å². The molecular formula is C32H38O16. The highest BCUT2D eigenvalue weighted by Gasteiger charge is 2.47. The standard InChI is InChI=1S/C32H38O16/c33-8-5-18-19(13-26(39)44-9-6-16-1-3-21(35)23(37)11-16)20(30(43)45-10-7-17-2-4-22(36)24(38)12-17)15-46-31(18)48-32-29(42)28(41)27(40)25(14-34)47-32/h1-5,11-12,15,19,25,27-29,31-38,40-42H,6-10,13-14H2/b18-5+/t19-,25+,27+,28-,29+,31-,32-/m1/s1. The van der Waals surface area contributed by atoms with Crippen LogP contribution in [-0.4, -0.2) is 121 Å². The summed E-state index contributed by atoms with van der Waals surface area (Å²) in [6.45, 7) is -1.66. The van der Waals surface area contributed by atoms with Gasteiger partial charge in [0.1, 0.15) is 24.4 Å². The summed E-state index contributed by atoms with van der Waals surface area (Å²) in [6.07, 6.45) is -7.71. The molecule has 262 valence electrons. The normalized spacial score (nSPS) is 26.4. The van der Waals surface area contributed by atoms with Crippen molar-refractivity contribution in [2.24, 2.45) is 5.92 Å². The zero-order chi connectivity index (χ0) is 35.0. The number of rotatable bonds is 13. The van der Waals surface area contributed by atoms with Gasteiger partial charge < -0.3 is 69.6 Å². The van der Waals surface area contributed by atoms with E-state index in [4.69, 9.17) is 23.7 Å². The number of carbonyl (C=O) groups is 2. The summed E-state index contributed by atoms with van der Waals surface area (Å²) in [7, 11) is 0. The summed E-state index contributed by atoms with van der Waals surface area (Å²) in [5, 5.41) is 88.6. The second kappa shape index (κ2) is 16.6. The van der Waals surface area contributed by atoms with Gasteiger partial charge in [-0.3, -0.25) is 4.79 Å². The van der Waals surface area contributed by atoms with E-state index in [9.17, 15) is 55.5 Å². The van der Waals surface area contributed by atoms with Gasteiger partial charge in [0.25, 0.3) is 0 Å². The Morgan fingerprint density at radius 2 is 1.40 bits per heavy atom. The molecule has 7 atom stereocenters. The molecule has 2 aromatic rings. The van der Waals surface area contributed by atoms with E-state index in [1.54, 1.807) is 0 Å². The minimum absolute atomic E-state index is 0.0211. The van der Waals surface area contributed by atoms with Gasteiger partial charge in [-0.15, -0.1) is 0 Å². The van der Waals surface area contributed by atoms with Crippen molar-refractivity contribution in [2.75, 3.05) is 26.4 Å². The van der Waals surface area contributed by atoms with Crippen molar-refractivity contribution < 1.29 is 79.2 Å². The molecule has 9 N–H and O–H groups in total. The molecule has 0 aliphatic carbocycles. The largest absolute Gasteiger partial charge is 0.504 e. The third-order valence-corrected chi connectivity index (χ3v) is 7.77. The highest BCUT2D eigenvalue weighted by Crippen LogP contribution is 2.36. The molecule has 1 saturated heterocycles. The lowest BCUT2D eigenvalue weighted by Gasteiger charge is -2.42. The molecule has 0 unspecified atom stereocenters. The lowest BCUT2D eigenvalue weighted by Crippen LogP contribution is -2.60. The Morgan fingerprint density at radius 1 is 0.792 bits per heavy atom. The highest BCUT2D eigenvalue weighted by atomic mass is 16.8. The van der Waals surface area contributed by atoms with Crippen LogP contribution in [0.15, 0.2) is 59.9 Å². The first-order valence-electron chi connectivity index (χ1n) is 14.9. The lowest BCUT2D eigenvalue weighted by atomic mass is 9.86. The maximum atomic E-state index is 13.3. The van der Waals surface area contributed by atoms with E-state index < -0.39 is 74.5 Å². The molecule has 0 spiro atoms. The molecule has 2 aromatic carbocycles. The number of hydrogen-bond donors (Lipinski definition) is 9. The maximum absolute atomic E-state index is 13.3. The van der Waals surface area contributed by atoms with Crippen LogP contribution >= 0.6 is 0 Å². The molecule has 0 aromatic heterocycles. The van der Waals surface area contributed by atoms with Gasteiger partial charge >= 0.3 is 11.9 Å². The number of esters is 2. The fourth-order valence-corrected chi connectivity index (χ4v) is 5.12. The molecule has 16 nitrogen and oxygen atoms in total. The molecule has 0 saturated carbocycles. The van der Waals surface area contributed by atoms with Crippen molar-refractivity contribution in [1.82, 2.24) is 0 Å². The summed E-state index contributed by atoms with van der Waals surface area (Å²) >= 11 is 0. The van der Waals surface area contributed by atoms with Gasteiger partial charge in [-0.2, -0.15) is 0 Å². The third-order valence-electron chi connectivity index (χ3n) is 7.77. The van der Waals surface area contributed by atoms with Crippen LogP contribution < -0.4 is 0 Å². The van der Waals surface area contributed by atoms with E-state index in [-0.39, 0.29) is 60.2 Å². The van der Waals surface area contributed by atoms with Crippen LogP contribution in [0.5, 0.6) is 23.0 Å². The van der Waals surface area contributed by atoms with Crippen molar-refractivity contribution in [1.29, 1.82) is 0 Å². The van der Waals surface area contributed by atoms with Gasteiger partial charge in [-0.25, -0.2) is 4.79 Å². The van der Waals surface area contributed by atoms with Crippen molar-refractivity contribution in [2.45, 2.75) is 56.3 Å². The van der Waals surface area contributed by atoms with Gasteiger partial charge in [0.2, 0.25) is 6.29 Å². The van der Waals surface area contributed by atoms with E-state index in [0.29, 0.717) is 11.1 Å². The van der Waals surface area contributed by atoms with Crippen LogP contribution in [0.1, 0.15) is 17.5 Å². The minimum atomic E-state index is -1.81. The quantitative estimate of drug-likeness (QED) is 0.0725. The fourth-order valence-electron chi connectivity index (χ4n) is 5.12. The lowest BCUT2D eigenvalue weighted by molar-refractivity contribution is -0.327. The number of ether oxygens (including phenoxy) is 5. The second-order valence-corrected chi connectivity index (χ2v) is 11.0. The second-order valence-electron chi connectivity index (χ2n) is 11.0. The summed E-state index contributed by atoms with van der Waals surface area (Å²) < 4.78 is 27.5. The van der Waals surface area contributed by atoms with Crippen LogP contribution in [0.25, 0.3) is 0 Å². The van der Waals surface area contributed by atoms with Gasteiger partial charge in [-0.05, 0) is 35.4 Å². The van der Waals surface area contributed by atoms with Crippen LogP contribution in [0.2, 0.25) is 0 Å². The van der Waals surface area contributed by atoms with Crippen molar-refractivity contribution >= 4 is 11.9 Å². The van der Waals surface area contributed by atoms with Crippen molar-refractivity contribution in [3.8, 4) is 23.0 Å². The van der Waals surface area contributed by atoms with E-state index in [0.717, 1.165) is 6.26 Å². The minimum Gasteiger partial charge on any atom is -0.504 e. The first-order valence-corrected chi connectivity index (χ1v) is 14.9. The zero-order valence-corrected chi connectivity index (χ0v) is 25.5. The van der Waals surface area contributed by atoms with Gasteiger partial charge in [0, 0.05) is 24.3 Å². The molecule has 0 amide bonds. The molecule has 0 radical (unpaired) electrons. The average molecular weight is 679 g/mol. The van der Waals surface area contributed by atoms with E-state index >= 15 is 0 Å². The molecule has 2 aliphatic heterocycles. The van der Waals surface area contributed by atoms with E-state index in [1.807, 2.05) is 0 Å². The zero-order valence-electron chi connectivity index (χ0n) is 25.5. The number of phenols is 4. The Labute approximate surface area is 273 Å². The average Bonchev–Trinajstić information content (AvgIpc) is 3.06. The smallest absolute Gasteiger partial charge is 0.337 e. The Hall–Kier alpha value is -4.42. The Morgan fingerprint density at radius 3 is 1.96 bits per heavy atom. The van der Waals surface area contributed by atoms with Crippen LogP contribution in [-0.2, 0) is 46.1 Å². The number of hydrogen-bond acceptors (Lipinski definition) is 16. The Bertz CT molecular complexity index is 1490. The maximum Gasteiger partial charge on any atom is 0.337 e. The Balaban J connectivity index is 1.51. The summed E-state index contributed by atoms with van der Waals surface area (Å²) in [5.74, 6) is -4.21. The number of aromatic hydroxyl groups is 4. The van der Waals surface area contributed by atoms with Gasteiger partial charge in [0.15, 0.2) is 29.3 Å². The summed E-state index contributed by atoms with van der Waals surface area (Å²) in [4.78, 5) is 26.3. The molecule has 4 rings (SSSR count). The molecule has 48 heavy (non-hydrogen) atoms. The molecule has 16 heteroatoms. The molecular weight excluding hydrogens is 640 g/mol. The van der Waals surface area contributed by atoms with Crippen LogP contribution in [0, 0.1) is 5.92 Å². The molecule has 2 aliphatic rings. The number of aliphatic hydroxyl groups is 5. The van der Waals surface area contributed by atoms with Crippen molar-refractivity contribution in [3.63, 3.8) is 0 Å². The number of carbonyl (C=O) groups excluding carboxylic acids is 2. The molecule has 1 fully saturated rings. The van der Waals surface area contributed by atoms with E-state index in [2.05, 4.69) is 0 Å². The number of phenolic OH excluding ortho intramolecular Hbond substituents is 4.